The van der Waals surface area contributed by atoms with Crippen molar-refractivity contribution >= 4 is 5.69 Å². The van der Waals surface area contributed by atoms with Gasteiger partial charge in [0.2, 0.25) is 0 Å². The number of hydrogen-bond acceptors (Lipinski definition) is 2. The van der Waals surface area contributed by atoms with Gasteiger partial charge in [0.25, 0.3) is 0 Å². The number of halogens is 1. The molecule has 0 fully saturated rings. The fraction of sp³-hybridized carbons (Fsp3) is 0.294. The zero-order valence-corrected chi connectivity index (χ0v) is 12.1. The molecular formula is C17H21FN2. The van der Waals surface area contributed by atoms with Crippen LogP contribution in [-0.2, 0) is 13.0 Å². The highest BCUT2D eigenvalue weighted by molar-refractivity contribution is 5.48. The first-order chi connectivity index (χ1) is 9.72. The highest BCUT2D eigenvalue weighted by atomic mass is 19.1. The van der Waals surface area contributed by atoms with Gasteiger partial charge in [-0.3, -0.25) is 0 Å². The van der Waals surface area contributed by atoms with Crippen molar-refractivity contribution in [1.29, 1.82) is 0 Å². The summed E-state index contributed by atoms with van der Waals surface area (Å²) in [4.78, 5) is 1.95. The maximum atomic E-state index is 13.8. The van der Waals surface area contributed by atoms with Crippen molar-refractivity contribution in [2.24, 2.45) is 0 Å². The maximum Gasteiger partial charge on any atom is 0.146 e. The SMILES string of the molecule is CNCCc1ccccc1CN(C)c1ccccc1F. The monoisotopic (exact) mass is 272 g/mol. The van der Waals surface area contributed by atoms with E-state index >= 15 is 0 Å². The van der Waals surface area contributed by atoms with E-state index < -0.39 is 0 Å². The summed E-state index contributed by atoms with van der Waals surface area (Å²) in [6, 6.07) is 15.2. The molecule has 0 aliphatic carbocycles. The van der Waals surface area contributed by atoms with Gasteiger partial charge >= 0.3 is 0 Å². The van der Waals surface area contributed by atoms with Crippen molar-refractivity contribution in [3.05, 3.63) is 65.5 Å². The van der Waals surface area contributed by atoms with E-state index in [1.54, 1.807) is 6.07 Å². The molecule has 0 aromatic heterocycles. The Balaban J connectivity index is 2.15. The number of hydrogen-bond donors (Lipinski definition) is 1. The van der Waals surface area contributed by atoms with E-state index in [2.05, 4.69) is 23.5 Å². The average Bonchev–Trinajstić information content (AvgIpc) is 2.46. The highest BCUT2D eigenvalue weighted by Gasteiger charge is 2.09. The van der Waals surface area contributed by atoms with Crippen LogP contribution in [0, 0.1) is 5.82 Å². The first-order valence-corrected chi connectivity index (χ1v) is 6.89. The van der Waals surface area contributed by atoms with Gasteiger partial charge in [-0.1, -0.05) is 36.4 Å². The van der Waals surface area contributed by atoms with Crippen molar-refractivity contribution in [2.75, 3.05) is 25.5 Å². The van der Waals surface area contributed by atoms with Gasteiger partial charge in [-0.15, -0.1) is 0 Å². The molecule has 0 aliphatic heterocycles. The van der Waals surface area contributed by atoms with E-state index in [1.165, 1.54) is 17.2 Å². The van der Waals surface area contributed by atoms with Crippen molar-refractivity contribution in [3.63, 3.8) is 0 Å². The molecule has 0 radical (unpaired) electrons. The lowest BCUT2D eigenvalue weighted by atomic mass is 10.0. The lowest BCUT2D eigenvalue weighted by molar-refractivity contribution is 0.622. The van der Waals surface area contributed by atoms with Crippen LogP contribution in [0.15, 0.2) is 48.5 Å². The number of rotatable bonds is 6. The second-order valence-electron chi connectivity index (χ2n) is 4.93. The van der Waals surface area contributed by atoms with E-state index in [-0.39, 0.29) is 5.82 Å². The Labute approximate surface area is 120 Å². The first kappa shape index (κ1) is 14.5. The quantitative estimate of drug-likeness (QED) is 0.868. The molecule has 0 heterocycles. The van der Waals surface area contributed by atoms with E-state index in [1.807, 2.05) is 37.2 Å². The van der Waals surface area contributed by atoms with Gasteiger partial charge in [0.15, 0.2) is 0 Å². The third-order valence-electron chi connectivity index (χ3n) is 3.43. The molecule has 0 atom stereocenters. The topological polar surface area (TPSA) is 15.3 Å². The predicted octanol–water partition coefficient (Wildman–Crippen LogP) is 3.22. The van der Waals surface area contributed by atoms with Gasteiger partial charge < -0.3 is 10.2 Å². The minimum atomic E-state index is -0.178. The fourth-order valence-corrected chi connectivity index (χ4v) is 2.32. The number of anilines is 1. The molecule has 0 amide bonds. The zero-order valence-electron chi connectivity index (χ0n) is 12.1. The molecule has 2 aromatic carbocycles. The maximum absolute atomic E-state index is 13.8. The highest BCUT2D eigenvalue weighted by Crippen LogP contribution is 2.20. The van der Waals surface area contributed by atoms with Gasteiger partial charge in [0, 0.05) is 13.6 Å². The summed E-state index contributed by atoms with van der Waals surface area (Å²) in [6.45, 7) is 1.65. The van der Waals surface area contributed by atoms with Crippen LogP contribution in [0.4, 0.5) is 10.1 Å². The molecule has 106 valence electrons. The third kappa shape index (κ3) is 3.58. The van der Waals surface area contributed by atoms with Crippen molar-refractivity contribution in [3.8, 4) is 0 Å². The summed E-state index contributed by atoms with van der Waals surface area (Å²) in [6.07, 6.45) is 0.984. The van der Waals surface area contributed by atoms with Crippen LogP contribution in [-0.4, -0.2) is 20.6 Å². The molecule has 0 unspecified atom stereocenters. The van der Waals surface area contributed by atoms with Gasteiger partial charge in [-0.05, 0) is 43.3 Å². The van der Waals surface area contributed by atoms with Crippen LogP contribution in [0.3, 0.4) is 0 Å². The number of benzene rings is 2. The molecule has 0 bridgehead atoms. The first-order valence-electron chi connectivity index (χ1n) is 6.89. The Kier molecular flexibility index (Phi) is 5.13. The van der Waals surface area contributed by atoms with Crippen molar-refractivity contribution in [2.45, 2.75) is 13.0 Å². The number of para-hydroxylation sites is 1. The lowest BCUT2D eigenvalue weighted by Gasteiger charge is -2.21. The van der Waals surface area contributed by atoms with E-state index in [9.17, 15) is 4.39 Å². The van der Waals surface area contributed by atoms with Crippen LogP contribution in [0.25, 0.3) is 0 Å². The summed E-state index contributed by atoms with van der Waals surface area (Å²) < 4.78 is 13.8. The van der Waals surface area contributed by atoms with Gasteiger partial charge in [0.1, 0.15) is 5.82 Å². The van der Waals surface area contributed by atoms with Gasteiger partial charge in [-0.25, -0.2) is 4.39 Å². The van der Waals surface area contributed by atoms with Crippen molar-refractivity contribution in [1.82, 2.24) is 5.32 Å². The minimum Gasteiger partial charge on any atom is -0.368 e. The van der Waals surface area contributed by atoms with Crippen LogP contribution in [0.2, 0.25) is 0 Å². The Morgan fingerprint density at radius 1 is 1.00 bits per heavy atom. The molecule has 2 rings (SSSR count). The Morgan fingerprint density at radius 3 is 2.35 bits per heavy atom. The van der Waals surface area contributed by atoms with Crippen LogP contribution in [0.5, 0.6) is 0 Å². The fourth-order valence-electron chi connectivity index (χ4n) is 2.32. The number of nitrogens with one attached hydrogen (secondary N) is 1. The Bertz CT molecular complexity index is 554. The number of nitrogens with zero attached hydrogens (tertiary/aromatic N) is 1. The van der Waals surface area contributed by atoms with Crippen LogP contribution < -0.4 is 10.2 Å². The zero-order chi connectivity index (χ0) is 14.4. The summed E-state index contributed by atoms with van der Waals surface area (Å²) in [5.74, 6) is -0.178. The third-order valence-corrected chi connectivity index (χ3v) is 3.43. The summed E-state index contributed by atoms with van der Waals surface area (Å²) in [5, 5.41) is 3.16. The Hall–Kier alpha value is -1.87. The van der Waals surface area contributed by atoms with E-state index in [0.29, 0.717) is 12.2 Å². The lowest BCUT2D eigenvalue weighted by Crippen LogP contribution is -2.19. The van der Waals surface area contributed by atoms with E-state index in [0.717, 1.165) is 13.0 Å². The second kappa shape index (κ2) is 7.06. The van der Waals surface area contributed by atoms with Gasteiger partial charge in [0.05, 0.1) is 5.69 Å². The Morgan fingerprint density at radius 2 is 1.65 bits per heavy atom. The van der Waals surface area contributed by atoms with Crippen LogP contribution in [0.1, 0.15) is 11.1 Å². The second-order valence-corrected chi connectivity index (χ2v) is 4.93. The molecule has 0 aliphatic rings. The molecule has 0 saturated heterocycles. The van der Waals surface area contributed by atoms with E-state index in [4.69, 9.17) is 0 Å². The summed E-state index contributed by atoms with van der Waals surface area (Å²) in [5.41, 5.74) is 3.19. The average molecular weight is 272 g/mol. The molecule has 1 N–H and O–H groups in total. The minimum absolute atomic E-state index is 0.178. The standard InChI is InChI=1S/C17H21FN2/c1-19-12-11-14-7-3-4-8-15(14)13-20(2)17-10-6-5-9-16(17)18/h3-10,19H,11-13H2,1-2H3. The molecular weight excluding hydrogens is 251 g/mol. The summed E-state index contributed by atoms with van der Waals surface area (Å²) >= 11 is 0. The van der Waals surface area contributed by atoms with Crippen molar-refractivity contribution < 1.29 is 4.39 Å². The van der Waals surface area contributed by atoms with Gasteiger partial charge in [-0.2, -0.15) is 0 Å². The molecule has 2 nitrogen and oxygen atoms in total. The number of likely N-dealkylation sites (N-methyl/N-ethyl adjacent to an activating group) is 1. The normalized spacial score (nSPS) is 10.6. The smallest absolute Gasteiger partial charge is 0.146 e. The predicted molar refractivity (Wildman–Crippen MR) is 82.6 cm³/mol. The molecule has 3 heteroatoms. The molecule has 20 heavy (non-hydrogen) atoms. The van der Waals surface area contributed by atoms with Crippen LogP contribution >= 0.6 is 0 Å². The largest absolute Gasteiger partial charge is 0.368 e. The molecule has 0 spiro atoms. The summed E-state index contributed by atoms with van der Waals surface area (Å²) in [7, 11) is 3.88. The molecule has 0 saturated carbocycles. The molecule has 2 aromatic rings.